The van der Waals surface area contributed by atoms with Crippen LogP contribution in [0.3, 0.4) is 0 Å². The minimum absolute atomic E-state index is 0.0238. The van der Waals surface area contributed by atoms with Gasteiger partial charge >= 0.3 is 0 Å². The molecule has 1 saturated carbocycles. The third-order valence-electron chi connectivity index (χ3n) is 9.92. The van der Waals surface area contributed by atoms with Gasteiger partial charge in [0.15, 0.2) is 0 Å². The van der Waals surface area contributed by atoms with E-state index in [1.807, 2.05) is 0 Å². The highest BCUT2D eigenvalue weighted by molar-refractivity contribution is 5.85. The van der Waals surface area contributed by atoms with E-state index in [2.05, 4.69) is 124 Å². The maximum Gasteiger partial charge on any atom is 0.0677 e. The van der Waals surface area contributed by atoms with Crippen LogP contribution < -0.4 is 4.90 Å². The number of rotatable bonds is 3. The number of hydrogen-bond donors (Lipinski definition) is 0. The minimum atomic E-state index is -0.0592. The molecule has 3 aliphatic rings. The van der Waals surface area contributed by atoms with E-state index >= 15 is 0 Å². The molecule has 2 nitrogen and oxygen atoms in total. The van der Waals surface area contributed by atoms with Crippen molar-refractivity contribution in [1.29, 1.82) is 5.26 Å². The molecule has 0 aliphatic heterocycles. The third-order valence-corrected chi connectivity index (χ3v) is 9.92. The Kier molecular flexibility index (Phi) is 5.33. The van der Waals surface area contributed by atoms with Crippen LogP contribution in [0, 0.1) is 17.2 Å². The zero-order chi connectivity index (χ0) is 26.9. The van der Waals surface area contributed by atoms with Crippen LogP contribution in [0.1, 0.15) is 75.6 Å². The molecule has 1 fully saturated rings. The summed E-state index contributed by atoms with van der Waals surface area (Å²) >= 11 is 0. The van der Waals surface area contributed by atoms with E-state index in [-0.39, 0.29) is 22.8 Å². The summed E-state index contributed by atoms with van der Waals surface area (Å²) < 4.78 is 0. The molecule has 7 rings (SSSR count). The molecule has 2 heteroatoms. The van der Waals surface area contributed by atoms with Crippen LogP contribution in [0.15, 0.2) is 84.9 Å². The van der Waals surface area contributed by atoms with Crippen molar-refractivity contribution in [3.63, 3.8) is 0 Å². The Morgan fingerprint density at radius 3 is 1.59 bits per heavy atom. The Labute approximate surface area is 232 Å². The van der Waals surface area contributed by atoms with Crippen molar-refractivity contribution in [2.45, 2.75) is 70.3 Å². The molecule has 0 aromatic heterocycles. The molecule has 194 valence electrons. The Hall–Kier alpha value is -3.83. The number of benzene rings is 4. The molecule has 0 saturated heterocycles. The second-order valence-corrected chi connectivity index (χ2v) is 12.8. The fraction of sp³-hybridized carbons (Fsp3) is 0.324. The normalized spacial score (nSPS) is 21.3. The summed E-state index contributed by atoms with van der Waals surface area (Å²) in [6.45, 7) is 9.39. The van der Waals surface area contributed by atoms with Gasteiger partial charge in [-0.25, -0.2) is 0 Å². The molecule has 0 bridgehead atoms. The van der Waals surface area contributed by atoms with Crippen LogP contribution in [-0.2, 0) is 10.8 Å². The predicted octanol–water partition coefficient (Wildman–Crippen LogP) is 9.52. The van der Waals surface area contributed by atoms with Crippen molar-refractivity contribution in [3.05, 3.63) is 107 Å². The van der Waals surface area contributed by atoms with Gasteiger partial charge in [0.05, 0.1) is 18.0 Å². The second kappa shape index (κ2) is 8.59. The van der Waals surface area contributed by atoms with Crippen LogP contribution in [0.4, 0.5) is 11.4 Å². The first-order chi connectivity index (χ1) is 18.8. The summed E-state index contributed by atoms with van der Waals surface area (Å²) in [4.78, 5) is 2.52. The molecule has 0 N–H and O–H groups in total. The molecule has 0 amide bonds. The van der Waals surface area contributed by atoms with Gasteiger partial charge in [0, 0.05) is 22.2 Å². The maximum atomic E-state index is 10.2. The summed E-state index contributed by atoms with van der Waals surface area (Å²) in [6, 6.07) is 34.6. The van der Waals surface area contributed by atoms with E-state index in [9.17, 15) is 5.26 Å². The number of hydrogen-bond acceptors (Lipinski definition) is 2. The second-order valence-electron chi connectivity index (χ2n) is 12.8. The monoisotopic (exact) mass is 508 g/mol. The molecule has 0 heterocycles. The van der Waals surface area contributed by atoms with Gasteiger partial charge in [-0.2, -0.15) is 5.26 Å². The van der Waals surface area contributed by atoms with Crippen LogP contribution in [0.25, 0.3) is 22.3 Å². The molecular formula is C37H36N2. The highest BCUT2D eigenvalue weighted by Gasteiger charge is 2.39. The summed E-state index contributed by atoms with van der Waals surface area (Å²) in [5, 5.41) is 10.2. The van der Waals surface area contributed by atoms with Gasteiger partial charge in [0.1, 0.15) is 0 Å². The molecule has 0 radical (unpaired) electrons. The topological polar surface area (TPSA) is 27.0 Å². The van der Waals surface area contributed by atoms with Crippen LogP contribution in [-0.4, -0.2) is 6.04 Å². The number of nitriles is 1. The number of fused-ring (bicyclic) bond motifs is 6. The molecule has 0 spiro atoms. The van der Waals surface area contributed by atoms with Gasteiger partial charge in [-0.05, 0) is 81.6 Å². The number of anilines is 2. The van der Waals surface area contributed by atoms with E-state index in [0.29, 0.717) is 0 Å². The predicted molar refractivity (Wildman–Crippen MR) is 162 cm³/mol. The standard InChI is InChI=1S/C37H36N2/c1-36(2)31-14-8-6-12-27(31)29-19-17-25(21-33(29)36)39(35-16-10-5-11-24(35)23-38)26-18-20-30-28-13-7-9-15-32(28)37(3,4)34(30)22-26/h6-9,12-15,17-22,24,35H,5,10-11,16H2,1-4H3. The highest BCUT2D eigenvalue weighted by atomic mass is 15.2. The van der Waals surface area contributed by atoms with Crippen molar-refractivity contribution < 1.29 is 0 Å². The molecule has 2 unspecified atom stereocenters. The Morgan fingerprint density at radius 2 is 1.08 bits per heavy atom. The molecule has 4 aromatic rings. The lowest BCUT2D eigenvalue weighted by atomic mass is 9.81. The summed E-state index contributed by atoms with van der Waals surface area (Å²) in [5.41, 5.74) is 13.2. The average Bonchev–Trinajstić information content (AvgIpc) is 3.33. The minimum Gasteiger partial charge on any atom is -0.337 e. The highest BCUT2D eigenvalue weighted by Crippen LogP contribution is 2.52. The van der Waals surface area contributed by atoms with Crippen molar-refractivity contribution in [3.8, 4) is 28.3 Å². The lowest BCUT2D eigenvalue weighted by molar-refractivity contribution is 0.365. The van der Waals surface area contributed by atoms with E-state index in [1.165, 1.54) is 62.3 Å². The smallest absolute Gasteiger partial charge is 0.0677 e. The van der Waals surface area contributed by atoms with Crippen molar-refractivity contribution in [2.75, 3.05) is 4.90 Å². The van der Waals surface area contributed by atoms with Gasteiger partial charge in [0.25, 0.3) is 0 Å². The van der Waals surface area contributed by atoms with Crippen LogP contribution >= 0.6 is 0 Å². The Morgan fingerprint density at radius 1 is 0.615 bits per heavy atom. The van der Waals surface area contributed by atoms with Crippen LogP contribution in [0.5, 0.6) is 0 Å². The fourth-order valence-corrected chi connectivity index (χ4v) is 7.79. The van der Waals surface area contributed by atoms with Crippen molar-refractivity contribution in [2.24, 2.45) is 5.92 Å². The first kappa shape index (κ1) is 24.2. The zero-order valence-corrected chi connectivity index (χ0v) is 23.5. The fourth-order valence-electron chi connectivity index (χ4n) is 7.79. The molecule has 3 aliphatic carbocycles. The average molecular weight is 509 g/mol. The third kappa shape index (κ3) is 3.45. The van der Waals surface area contributed by atoms with Gasteiger partial charge in [0.2, 0.25) is 0 Å². The molecule has 2 atom stereocenters. The Balaban J connectivity index is 1.40. The number of nitrogens with zero attached hydrogens (tertiary/aromatic N) is 2. The van der Waals surface area contributed by atoms with E-state index in [1.54, 1.807) is 0 Å². The van der Waals surface area contributed by atoms with Crippen molar-refractivity contribution in [1.82, 2.24) is 0 Å². The first-order valence-electron chi connectivity index (χ1n) is 14.5. The van der Waals surface area contributed by atoms with E-state index in [0.717, 1.165) is 19.3 Å². The summed E-state index contributed by atoms with van der Waals surface area (Å²) in [7, 11) is 0. The maximum absolute atomic E-state index is 10.2. The largest absolute Gasteiger partial charge is 0.337 e. The molecule has 4 aromatic carbocycles. The lowest BCUT2D eigenvalue weighted by Gasteiger charge is -2.40. The van der Waals surface area contributed by atoms with Gasteiger partial charge < -0.3 is 4.90 Å². The van der Waals surface area contributed by atoms with Crippen LogP contribution in [0.2, 0.25) is 0 Å². The summed E-state index contributed by atoms with van der Waals surface area (Å²) in [5.74, 6) is 0.0238. The van der Waals surface area contributed by atoms with Crippen molar-refractivity contribution >= 4 is 11.4 Å². The SMILES string of the molecule is CC1(C)c2ccccc2-c2ccc(N(c3ccc4c(c3)C(C)(C)c3ccccc3-4)C3CCCCC3C#N)cc21. The van der Waals surface area contributed by atoms with E-state index < -0.39 is 0 Å². The molecular weight excluding hydrogens is 472 g/mol. The molecule has 39 heavy (non-hydrogen) atoms. The van der Waals surface area contributed by atoms with Gasteiger partial charge in [-0.15, -0.1) is 0 Å². The Bertz CT molecular complexity index is 1540. The summed E-state index contributed by atoms with van der Waals surface area (Å²) in [6.07, 6.45) is 4.33. The quantitative estimate of drug-likeness (QED) is 0.275. The first-order valence-corrected chi connectivity index (χ1v) is 14.5. The zero-order valence-electron chi connectivity index (χ0n) is 23.5. The van der Waals surface area contributed by atoms with Gasteiger partial charge in [-0.3, -0.25) is 0 Å². The lowest BCUT2D eigenvalue weighted by Crippen LogP contribution is -2.39. The van der Waals surface area contributed by atoms with Gasteiger partial charge in [-0.1, -0.05) is 101 Å². The van der Waals surface area contributed by atoms with E-state index in [4.69, 9.17) is 0 Å².